The largest absolute Gasteiger partial charge is 0.350 e. The van der Waals surface area contributed by atoms with Crippen LogP contribution in [-0.2, 0) is 0 Å². The lowest BCUT2D eigenvalue weighted by molar-refractivity contribution is 0.409. The molecule has 3 N–H and O–H groups in total. The predicted octanol–water partition coefficient (Wildman–Crippen LogP) is 10.7. The van der Waals surface area contributed by atoms with Crippen LogP contribution in [0.15, 0.2) is 181 Å². The molecule has 2 unspecified atom stereocenters. The topological polar surface area (TPSA) is 62.1 Å². The summed E-state index contributed by atoms with van der Waals surface area (Å²) in [6, 6.07) is 60.7. The standard InChI is InChI=1S/C47H34N6/c1-3-14-31(15-4-1)45-49-46(33-24-23-30-13-7-8-16-32(30)25-33)51-47(50-45)34-26-44(48-29-34)53-41-22-12-10-20-37(41)39-27-38-36-19-9-11-21-40(36)52(42(38)28-43(39)53)35-17-5-2-6-18-35/h1-29,45-46,48-49H,(H,50,51). The van der Waals surface area contributed by atoms with E-state index in [9.17, 15) is 0 Å². The second-order valence-corrected chi connectivity index (χ2v) is 13.8. The Labute approximate surface area is 305 Å². The van der Waals surface area contributed by atoms with Gasteiger partial charge in [0, 0.05) is 39.0 Å². The lowest BCUT2D eigenvalue weighted by Crippen LogP contribution is -2.44. The van der Waals surface area contributed by atoms with Gasteiger partial charge in [-0.3, -0.25) is 9.88 Å². The summed E-state index contributed by atoms with van der Waals surface area (Å²) >= 11 is 0. The number of amidine groups is 1. The average molecular weight is 683 g/mol. The van der Waals surface area contributed by atoms with Crippen molar-refractivity contribution < 1.29 is 0 Å². The van der Waals surface area contributed by atoms with Crippen molar-refractivity contribution in [2.75, 3.05) is 0 Å². The maximum atomic E-state index is 5.30. The van der Waals surface area contributed by atoms with Crippen LogP contribution in [0.3, 0.4) is 0 Å². The number of para-hydroxylation sites is 3. The summed E-state index contributed by atoms with van der Waals surface area (Å²) < 4.78 is 4.74. The number of benzene rings is 7. The van der Waals surface area contributed by atoms with Crippen LogP contribution in [0.25, 0.3) is 65.9 Å². The monoisotopic (exact) mass is 682 g/mol. The fourth-order valence-electron chi connectivity index (χ4n) is 8.27. The minimum atomic E-state index is -0.235. The Kier molecular flexibility index (Phi) is 6.66. The molecule has 11 rings (SSSR count). The highest BCUT2D eigenvalue weighted by Gasteiger charge is 2.27. The highest BCUT2D eigenvalue weighted by atomic mass is 15.3. The maximum absolute atomic E-state index is 5.30. The van der Waals surface area contributed by atoms with Gasteiger partial charge in [0.1, 0.15) is 24.0 Å². The van der Waals surface area contributed by atoms with Crippen molar-refractivity contribution in [3.63, 3.8) is 0 Å². The summed E-state index contributed by atoms with van der Waals surface area (Å²) in [5.41, 5.74) is 9.09. The first-order chi connectivity index (χ1) is 26.3. The second kappa shape index (κ2) is 11.8. The van der Waals surface area contributed by atoms with E-state index < -0.39 is 0 Å². The first kappa shape index (κ1) is 29.8. The minimum absolute atomic E-state index is 0.125. The summed E-state index contributed by atoms with van der Waals surface area (Å²) in [6.07, 6.45) is 1.72. The molecule has 0 amide bonds. The highest BCUT2D eigenvalue weighted by Crippen LogP contribution is 2.39. The molecule has 0 spiro atoms. The van der Waals surface area contributed by atoms with Crippen LogP contribution in [-0.4, -0.2) is 20.0 Å². The molecular formula is C47H34N6. The normalized spacial score (nSPS) is 16.1. The van der Waals surface area contributed by atoms with Gasteiger partial charge in [0.05, 0.1) is 22.1 Å². The smallest absolute Gasteiger partial charge is 0.133 e. The summed E-state index contributed by atoms with van der Waals surface area (Å²) in [6.45, 7) is 0. The van der Waals surface area contributed by atoms with Gasteiger partial charge in [-0.25, -0.2) is 4.99 Å². The molecule has 0 saturated heterocycles. The van der Waals surface area contributed by atoms with Crippen molar-refractivity contribution in [2.24, 2.45) is 4.99 Å². The third-order valence-corrected chi connectivity index (χ3v) is 10.7. The van der Waals surface area contributed by atoms with Crippen LogP contribution < -0.4 is 10.6 Å². The molecule has 0 bridgehead atoms. The third kappa shape index (κ3) is 4.80. The molecule has 10 aromatic rings. The van der Waals surface area contributed by atoms with Crippen molar-refractivity contribution in [3.05, 3.63) is 193 Å². The molecule has 2 atom stereocenters. The number of hydrogen-bond acceptors (Lipinski definition) is 3. The number of aromatic nitrogens is 3. The molecule has 0 saturated carbocycles. The predicted molar refractivity (Wildman–Crippen MR) is 218 cm³/mol. The van der Waals surface area contributed by atoms with E-state index in [2.05, 4.69) is 201 Å². The number of fused-ring (bicyclic) bond motifs is 7. The molecule has 7 aromatic carbocycles. The molecule has 1 aliphatic heterocycles. The van der Waals surface area contributed by atoms with Crippen LogP contribution in [0.2, 0.25) is 0 Å². The summed E-state index contributed by atoms with van der Waals surface area (Å²) in [5.74, 6) is 1.82. The van der Waals surface area contributed by atoms with Crippen LogP contribution >= 0.6 is 0 Å². The summed E-state index contributed by atoms with van der Waals surface area (Å²) in [4.78, 5) is 8.96. The first-order valence-corrected chi connectivity index (χ1v) is 18.1. The Bertz CT molecular complexity index is 3020. The molecule has 252 valence electrons. The van der Waals surface area contributed by atoms with Gasteiger partial charge in [-0.05, 0) is 70.4 Å². The van der Waals surface area contributed by atoms with Crippen LogP contribution in [0.4, 0.5) is 0 Å². The lowest BCUT2D eigenvalue weighted by atomic mass is 10.0. The van der Waals surface area contributed by atoms with Crippen molar-refractivity contribution in [2.45, 2.75) is 12.3 Å². The van der Waals surface area contributed by atoms with Crippen molar-refractivity contribution in [1.82, 2.24) is 24.8 Å². The molecule has 0 fully saturated rings. The number of aliphatic imine (C=N–C) groups is 1. The SMILES string of the molecule is c1ccc(C2NC(c3c[nH]c(-n4c5ccccc5c5cc6c7ccccc7n(-c7ccccc7)c6cc54)c3)=NC(c3ccc4ccccc4c3)N2)cc1. The number of aromatic amines is 1. The molecule has 53 heavy (non-hydrogen) atoms. The quantitative estimate of drug-likeness (QED) is 0.169. The molecular weight excluding hydrogens is 649 g/mol. The Hall–Kier alpha value is -6.89. The number of nitrogens with zero attached hydrogens (tertiary/aromatic N) is 3. The fraction of sp³-hybridized carbons (Fsp3) is 0.0426. The zero-order valence-electron chi connectivity index (χ0n) is 28.7. The molecule has 1 aliphatic rings. The summed E-state index contributed by atoms with van der Waals surface area (Å²) in [7, 11) is 0. The fourth-order valence-corrected chi connectivity index (χ4v) is 8.27. The summed E-state index contributed by atoms with van der Waals surface area (Å²) in [5, 5.41) is 14.8. The number of nitrogens with one attached hydrogen (secondary N) is 3. The van der Waals surface area contributed by atoms with E-state index in [0.29, 0.717) is 0 Å². The van der Waals surface area contributed by atoms with Gasteiger partial charge < -0.3 is 14.9 Å². The number of rotatable bonds is 5. The number of hydrogen-bond donors (Lipinski definition) is 3. The Balaban J connectivity index is 1.08. The van der Waals surface area contributed by atoms with E-state index in [1.165, 1.54) is 43.4 Å². The van der Waals surface area contributed by atoms with Gasteiger partial charge >= 0.3 is 0 Å². The Morgan fingerprint density at radius 2 is 1.11 bits per heavy atom. The van der Waals surface area contributed by atoms with E-state index in [-0.39, 0.29) is 12.3 Å². The lowest BCUT2D eigenvalue weighted by Gasteiger charge is -2.32. The zero-order chi connectivity index (χ0) is 34.9. The second-order valence-electron chi connectivity index (χ2n) is 13.8. The van der Waals surface area contributed by atoms with Gasteiger partial charge in [-0.1, -0.05) is 121 Å². The van der Waals surface area contributed by atoms with Gasteiger partial charge in [-0.2, -0.15) is 0 Å². The van der Waals surface area contributed by atoms with Crippen molar-refractivity contribution in [1.29, 1.82) is 0 Å². The molecule has 4 heterocycles. The Morgan fingerprint density at radius 3 is 1.89 bits per heavy atom. The van der Waals surface area contributed by atoms with Gasteiger partial charge in [0.2, 0.25) is 0 Å². The van der Waals surface area contributed by atoms with Crippen LogP contribution in [0.1, 0.15) is 29.0 Å². The minimum Gasteiger partial charge on any atom is -0.350 e. The van der Waals surface area contributed by atoms with Gasteiger partial charge in [-0.15, -0.1) is 0 Å². The average Bonchev–Trinajstić information content (AvgIpc) is 3.93. The highest BCUT2D eigenvalue weighted by molar-refractivity contribution is 6.19. The van der Waals surface area contributed by atoms with Crippen molar-refractivity contribution in [3.8, 4) is 11.5 Å². The molecule has 0 aliphatic carbocycles. The van der Waals surface area contributed by atoms with E-state index in [1.54, 1.807) is 0 Å². The van der Waals surface area contributed by atoms with E-state index in [1.807, 2.05) is 0 Å². The Morgan fingerprint density at radius 1 is 0.472 bits per heavy atom. The van der Waals surface area contributed by atoms with Crippen LogP contribution in [0, 0.1) is 0 Å². The molecule has 6 nitrogen and oxygen atoms in total. The number of H-pyrrole nitrogens is 1. The van der Waals surface area contributed by atoms with Gasteiger partial charge in [0.25, 0.3) is 0 Å². The van der Waals surface area contributed by atoms with Gasteiger partial charge in [0.15, 0.2) is 0 Å². The van der Waals surface area contributed by atoms with Crippen molar-refractivity contribution >= 4 is 60.2 Å². The maximum Gasteiger partial charge on any atom is 0.133 e. The molecule has 0 radical (unpaired) electrons. The first-order valence-electron chi connectivity index (χ1n) is 18.1. The van der Waals surface area contributed by atoms with E-state index >= 15 is 0 Å². The van der Waals surface area contributed by atoms with E-state index in [0.717, 1.165) is 45.1 Å². The molecule has 3 aromatic heterocycles. The third-order valence-electron chi connectivity index (χ3n) is 10.7. The van der Waals surface area contributed by atoms with Crippen LogP contribution in [0.5, 0.6) is 0 Å². The van der Waals surface area contributed by atoms with E-state index in [4.69, 9.17) is 4.99 Å². The zero-order valence-corrected chi connectivity index (χ0v) is 28.7. The molecule has 6 heteroatoms.